The summed E-state index contributed by atoms with van der Waals surface area (Å²) in [4.78, 5) is 11.1. The largest absolute Gasteiger partial charge is 0.480 e. The summed E-state index contributed by atoms with van der Waals surface area (Å²) in [6, 6.07) is 0. The molecule has 1 aliphatic carbocycles. The van der Waals surface area contributed by atoms with Crippen molar-refractivity contribution in [1.82, 2.24) is 5.32 Å². The zero-order valence-corrected chi connectivity index (χ0v) is 9.46. The number of carboxylic acids is 1. The summed E-state index contributed by atoms with van der Waals surface area (Å²) in [7, 11) is 0. The Morgan fingerprint density at radius 1 is 1.27 bits per heavy atom. The highest BCUT2D eigenvalue weighted by molar-refractivity contribution is 5.78. The predicted molar refractivity (Wildman–Crippen MR) is 58.7 cm³/mol. The highest BCUT2D eigenvalue weighted by Crippen LogP contribution is 2.37. The third-order valence-corrected chi connectivity index (χ3v) is 4.21. The van der Waals surface area contributed by atoms with E-state index in [-0.39, 0.29) is 0 Å². The van der Waals surface area contributed by atoms with Gasteiger partial charge in [-0.25, -0.2) is 0 Å². The van der Waals surface area contributed by atoms with E-state index in [1.54, 1.807) is 0 Å². The summed E-state index contributed by atoms with van der Waals surface area (Å²) in [6.45, 7) is 2.71. The van der Waals surface area contributed by atoms with Gasteiger partial charge in [0, 0.05) is 0 Å². The Morgan fingerprint density at radius 3 is 2.47 bits per heavy atom. The van der Waals surface area contributed by atoms with Crippen LogP contribution in [0.1, 0.15) is 45.4 Å². The molecule has 0 amide bonds. The Kier molecular flexibility index (Phi) is 3.01. The number of aliphatic carboxylic acids is 1. The minimum atomic E-state index is -0.694. The minimum Gasteiger partial charge on any atom is -0.480 e. The Hall–Kier alpha value is -0.570. The van der Waals surface area contributed by atoms with E-state index < -0.39 is 11.5 Å². The van der Waals surface area contributed by atoms with Gasteiger partial charge in [-0.15, -0.1) is 0 Å². The molecule has 86 valence electrons. The molecule has 3 nitrogen and oxygen atoms in total. The molecular formula is C12H21NO2. The monoisotopic (exact) mass is 211 g/mol. The Bertz CT molecular complexity index is 248. The van der Waals surface area contributed by atoms with Crippen LogP contribution in [0.4, 0.5) is 0 Å². The van der Waals surface area contributed by atoms with Crippen molar-refractivity contribution in [2.24, 2.45) is 11.8 Å². The van der Waals surface area contributed by atoms with Gasteiger partial charge in [-0.05, 0) is 31.7 Å². The molecule has 1 aliphatic heterocycles. The fourth-order valence-electron chi connectivity index (χ4n) is 3.13. The predicted octanol–water partition coefficient (Wildman–Crippen LogP) is 2.02. The summed E-state index contributed by atoms with van der Waals surface area (Å²) >= 11 is 0. The number of nitrogens with one attached hydrogen (secondary N) is 1. The molecule has 2 aliphatic rings. The average Bonchev–Trinajstić information content (AvgIpc) is 2.64. The van der Waals surface area contributed by atoms with Crippen molar-refractivity contribution in [2.45, 2.75) is 51.0 Å². The van der Waals surface area contributed by atoms with E-state index in [1.807, 2.05) is 6.92 Å². The van der Waals surface area contributed by atoms with Gasteiger partial charge in [-0.1, -0.05) is 32.1 Å². The molecule has 2 N–H and O–H groups in total. The molecule has 15 heavy (non-hydrogen) atoms. The fourth-order valence-corrected chi connectivity index (χ4v) is 3.13. The van der Waals surface area contributed by atoms with Crippen LogP contribution >= 0.6 is 0 Å². The van der Waals surface area contributed by atoms with Crippen LogP contribution in [0, 0.1) is 11.8 Å². The van der Waals surface area contributed by atoms with E-state index in [4.69, 9.17) is 5.11 Å². The van der Waals surface area contributed by atoms with Crippen LogP contribution in [0.15, 0.2) is 0 Å². The Morgan fingerprint density at radius 2 is 1.93 bits per heavy atom. The maximum absolute atomic E-state index is 11.1. The van der Waals surface area contributed by atoms with E-state index in [0.717, 1.165) is 18.9 Å². The maximum atomic E-state index is 11.1. The molecule has 2 rings (SSSR count). The molecule has 2 fully saturated rings. The number of rotatable bonds is 2. The van der Waals surface area contributed by atoms with Crippen molar-refractivity contribution in [3.05, 3.63) is 0 Å². The molecule has 0 radical (unpaired) electrons. The Balaban J connectivity index is 1.94. The molecule has 0 aromatic rings. The highest BCUT2D eigenvalue weighted by Gasteiger charge is 2.43. The molecule has 1 saturated carbocycles. The molecule has 3 heteroatoms. The highest BCUT2D eigenvalue weighted by atomic mass is 16.4. The van der Waals surface area contributed by atoms with Crippen molar-refractivity contribution in [2.75, 3.05) is 6.54 Å². The minimum absolute atomic E-state index is 0.589. The maximum Gasteiger partial charge on any atom is 0.323 e. The molecule has 2 atom stereocenters. The average molecular weight is 211 g/mol. The van der Waals surface area contributed by atoms with E-state index in [9.17, 15) is 4.79 Å². The molecular weight excluding hydrogens is 190 g/mol. The lowest BCUT2D eigenvalue weighted by Gasteiger charge is -2.27. The summed E-state index contributed by atoms with van der Waals surface area (Å²) < 4.78 is 0. The molecule has 0 aromatic carbocycles. The van der Waals surface area contributed by atoms with E-state index in [2.05, 4.69) is 5.32 Å². The van der Waals surface area contributed by atoms with Crippen molar-refractivity contribution in [3.8, 4) is 0 Å². The second kappa shape index (κ2) is 4.12. The molecule has 1 heterocycles. The second-order valence-electron chi connectivity index (χ2n) is 5.38. The van der Waals surface area contributed by atoms with Gasteiger partial charge in [0.1, 0.15) is 5.54 Å². The first-order valence-electron chi connectivity index (χ1n) is 6.10. The smallest absolute Gasteiger partial charge is 0.323 e. The molecule has 0 aromatic heterocycles. The van der Waals surface area contributed by atoms with E-state index in [0.29, 0.717) is 5.92 Å². The van der Waals surface area contributed by atoms with Gasteiger partial charge in [0.15, 0.2) is 0 Å². The number of hydrogen-bond acceptors (Lipinski definition) is 2. The lowest BCUT2D eigenvalue weighted by Crippen LogP contribution is -2.44. The van der Waals surface area contributed by atoms with Crippen LogP contribution in [-0.2, 0) is 4.79 Å². The van der Waals surface area contributed by atoms with Crippen LogP contribution in [0.3, 0.4) is 0 Å². The zero-order valence-electron chi connectivity index (χ0n) is 9.46. The number of carboxylic acid groups (broad SMARTS) is 1. The molecule has 0 spiro atoms. The summed E-state index contributed by atoms with van der Waals surface area (Å²) in [5.74, 6) is 0.666. The van der Waals surface area contributed by atoms with Crippen LogP contribution in [0.5, 0.6) is 0 Å². The zero-order chi connectivity index (χ0) is 10.9. The van der Waals surface area contributed by atoms with Crippen molar-refractivity contribution < 1.29 is 9.90 Å². The van der Waals surface area contributed by atoms with Gasteiger partial charge in [0.05, 0.1) is 0 Å². The van der Waals surface area contributed by atoms with E-state index >= 15 is 0 Å². The first-order valence-corrected chi connectivity index (χ1v) is 6.10. The lowest BCUT2D eigenvalue weighted by molar-refractivity contribution is -0.143. The van der Waals surface area contributed by atoms with Crippen LogP contribution in [0.2, 0.25) is 0 Å². The summed E-state index contributed by atoms with van der Waals surface area (Å²) in [5, 5.41) is 12.3. The molecule has 1 saturated heterocycles. The van der Waals surface area contributed by atoms with Gasteiger partial charge in [-0.2, -0.15) is 0 Å². The van der Waals surface area contributed by atoms with Crippen LogP contribution in [-0.4, -0.2) is 23.2 Å². The topological polar surface area (TPSA) is 49.3 Å². The first kappa shape index (κ1) is 10.9. The van der Waals surface area contributed by atoms with Gasteiger partial charge in [-0.3, -0.25) is 4.79 Å². The van der Waals surface area contributed by atoms with Crippen molar-refractivity contribution >= 4 is 5.97 Å². The molecule has 2 unspecified atom stereocenters. The van der Waals surface area contributed by atoms with Gasteiger partial charge in [0.2, 0.25) is 0 Å². The van der Waals surface area contributed by atoms with Crippen LogP contribution in [0.25, 0.3) is 0 Å². The third kappa shape index (κ3) is 2.17. The van der Waals surface area contributed by atoms with Crippen LogP contribution < -0.4 is 5.32 Å². The van der Waals surface area contributed by atoms with Crippen molar-refractivity contribution in [3.63, 3.8) is 0 Å². The fraction of sp³-hybridized carbons (Fsp3) is 0.917. The van der Waals surface area contributed by atoms with E-state index in [1.165, 1.54) is 32.1 Å². The second-order valence-corrected chi connectivity index (χ2v) is 5.38. The first-order chi connectivity index (χ1) is 7.12. The number of carbonyl (C=O) groups is 1. The quantitative estimate of drug-likeness (QED) is 0.734. The normalized spacial score (nSPS) is 38.1. The number of hydrogen-bond donors (Lipinski definition) is 2. The molecule has 0 bridgehead atoms. The lowest BCUT2D eigenvalue weighted by atomic mass is 9.77. The Labute approximate surface area is 91.2 Å². The van der Waals surface area contributed by atoms with Crippen molar-refractivity contribution in [1.29, 1.82) is 0 Å². The summed E-state index contributed by atoms with van der Waals surface area (Å²) in [5.41, 5.74) is -0.665. The van der Waals surface area contributed by atoms with Gasteiger partial charge >= 0.3 is 5.97 Å². The van der Waals surface area contributed by atoms with Gasteiger partial charge in [0.25, 0.3) is 0 Å². The third-order valence-electron chi connectivity index (χ3n) is 4.21. The van der Waals surface area contributed by atoms with Gasteiger partial charge < -0.3 is 10.4 Å². The standard InChI is InChI=1S/C12H21NO2/c1-12(11(14)15)7-10(8-13-12)9-5-3-2-4-6-9/h9-10,13H,2-8H2,1H3,(H,14,15). The summed E-state index contributed by atoms with van der Waals surface area (Å²) in [6.07, 6.45) is 7.47. The SMILES string of the molecule is CC1(C(=O)O)CC(C2CCCCC2)CN1.